The number of phenols is 2. The molecule has 52 heavy (non-hydrogen) atoms. The predicted octanol–water partition coefficient (Wildman–Crippen LogP) is 11.7. The van der Waals surface area contributed by atoms with Crippen LogP contribution in [0.4, 0.5) is 11.4 Å². The first kappa shape index (κ1) is 47.6. The number of amides is 2. The van der Waals surface area contributed by atoms with Crippen LogP contribution in [0.25, 0.3) is 0 Å². The molecular weight excluding hydrogens is 750 g/mol. The summed E-state index contributed by atoms with van der Waals surface area (Å²) >= 11 is 23.2. The zero-order valence-corrected chi connectivity index (χ0v) is 35.2. The van der Waals surface area contributed by atoms with Gasteiger partial charge in [0.2, 0.25) is 11.8 Å². The number of carboxylic acids is 1. The van der Waals surface area contributed by atoms with Crippen molar-refractivity contribution in [2.75, 3.05) is 17.2 Å². The van der Waals surface area contributed by atoms with Gasteiger partial charge in [-0.1, -0.05) is 122 Å². The summed E-state index contributed by atoms with van der Waals surface area (Å²) in [6.45, 7) is 20.9. The highest BCUT2D eigenvalue weighted by atomic mass is 35.5. The van der Waals surface area contributed by atoms with Crippen LogP contribution in [0.5, 0.6) is 11.5 Å². The number of rotatable bonds is 10. The van der Waals surface area contributed by atoms with Crippen molar-refractivity contribution in [1.29, 1.82) is 0 Å². The lowest BCUT2D eigenvalue weighted by Gasteiger charge is -2.37. The standard InChI is InChI=1S/C18H25Cl2NO3.C12H15Cl2NO2.C9H18O2/c1-10(2)13-5-4-11(3)6-16(13)24-9-17(22)21-12-7-14(19)18(23)15(20)8-12;1-12(2,3)6-10(16)15-7-4-8(13)11(17)9(14)5-7;1-7(5-8(10)11)6-9(2,3)4/h7-8,10-11,13,16,23H,4-6,9H2,1-3H3,(H,21,22);4-5,17H,6H2,1-3H3,(H,15,16);7H,5-6H2,1-4H3,(H,10,11). The number of benzene rings is 2. The highest BCUT2D eigenvalue weighted by Crippen LogP contribution is 2.37. The van der Waals surface area contributed by atoms with Gasteiger partial charge in [-0.25, -0.2) is 0 Å². The lowest BCUT2D eigenvalue weighted by molar-refractivity contribution is -0.138. The van der Waals surface area contributed by atoms with Crippen LogP contribution in [0.3, 0.4) is 0 Å². The topological polar surface area (TPSA) is 145 Å². The SMILES string of the molecule is CC(C)(C)CC(=O)Nc1cc(Cl)c(O)c(Cl)c1.CC(CC(=O)O)CC(C)(C)C.CC1CCC(C(C)C)C(OCC(=O)Nc2cc(Cl)c(O)c(Cl)c2)C1. The first-order chi connectivity index (χ1) is 23.8. The molecule has 1 saturated carbocycles. The molecule has 2 aromatic rings. The molecule has 0 aromatic heterocycles. The summed E-state index contributed by atoms with van der Waals surface area (Å²) in [4.78, 5) is 34.1. The second kappa shape index (κ2) is 21.5. The van der Waals surface area contributed by atoms with Crippen molar-refractivity contribution in [3.8, 4) is 11.5 Å². The minimum absolute atomic E-state index is 0.00325. The number of halogens is 4. The fraction of sp³-hybridized carbons (Fsp3) is 0.615. The van der Waals surface area contributed by atoms with Crippen LogP contribution in [0.1, 0.15) is 108 Å². The largest absolute Gasteiger partial charge is 0.505 e. The van der Waals surface area contributed by atoms with E-state index in [-0.39, 0.29) is 79.3 Å². The van der Waals surface area contributed by atoms with Crippen molar-refractivity contribution in [2.24, 2.45) is 34.5 Å². The molecule has 4 atom stereocenters. The molecule has 0 heterocycles. The third kappa shape index (κ3) is 19.1. The van der Waals surface area contributed by atoms with E-state index < -0.39 is 5.97 Å². The smallest absolute Gasteiger partial charge is 0.303 e. The van der Waals surface area contributed by atoms with E-state index in [1.165, 1.54) is 30.7 Å². The van der Waals surface area contributed by atoms with E-state index in [0.29, 0.717) is 35.5 Å². The number of ether oxygens (including phenoxy) is 1. The molecule has 0 spiro atoms. The van der Waals surface area contributed by atoms with Gasteiger partial charge in [0.25, 0.3) is 0 Å². The van der Waals surface area contributed by atoms with E-state index in [2.05, 4.69) is 52.2 Å². The zero-order valence-electron chi connectivity index (χ0n) is 32.1. The Morgan fingerprint density at radius 2 is 1.23 bits per heavy atom. The minimum atomic E-state index is -0.693. The van der Waals surface area contributed by atoms with E-state index in [9.17, 15) is 24.6 Å². The molecule has 4 unspecified atom stereocenters. The molecule has 2 amide bonds. The lowest BCUT2D eigenvalue weighted by atomic mass is 9.75. The van der Waals surface area contributed by atoms with Gasteiger partial charge in [0.05, 0.1) is 26.2 Å². The molecule has 0 saturated heterocycles. The van der Waals surface area contributed by atoms with E-state index in [4.69, 9.17) is 56.2 Å². The lowest BCUT2D eigenvalue weighted by Crippen LogP contribution is -2.36. The fourth-order valence-electron chi connectivity index (χ4n) is 6.06. The number of aliphatic carboxylic acids is 1. The summed E-state index contributed by atoms with van der Waals surface area (Å²) in [6, 6.07) is 5.84. The Morgan fingerprint density at radius 3 is 1.62 bits per heavy atom. The van der Waals surface area contributed by atoms with Crippen molar-refractivity contribution in [1.82, 2.24) is 0 Å². The van der Waals surface area contributed by atoms with Crippen LogP contribution in [0.15, 0.2) is 24.3 Å². The molecule has 2 aromatic carbocycles. The molecule has 1 fully saturated rings. The van der Waals surface area contributed by atoms with Crippen LogP contribution in [-0.4, -0.2) is 45.8 Å². The molecule has 0 aliphatic heterocycles. The van der Waals surface area contributed by atoms with E-state index in [1.807, 2.05) is 27.7 Å². The summed E-state index contributed by atoms with van der Waals surface area (Å²) < 4.78 is 5.92. The normalized spacial score (nSPS) is 17.9. The quantitative estimate of drug-likeness (QED) is 0.150. The highest BCUT2D eigenvalue weighted by molar-refractivity contribution is 6.38. The number of carbonyl (C=O) groups is 3. The first-order valence-corrected chi connectivity index (χ1v) is 19.1. The molecule has 13 heteroatoms. The molecule has 294 valence electrons. The molecule has 9 nitrogen and oxygen atoms in total. The summed E-state index contributed by atoms with van der Waals surface area (Å²) in [6.07, 6.45) is 5.13. The summed E-state index contributed by atoms with van der Waals surface area (Å²) in [7, 11) is 0. The van der Waals surface area contributed by atoms with Crippen LogP contribution >= 0.6 is 46.4 Å². The number of nitrogens with one attached hydrogen (secondary N) is 2. The van der Waals surface area contributed by atoms with E-state index in [1.54, 1.807) is 0 Å². The van der Waals surface area contributed by atoms with Crippen molar-refractivity contribution >= 4 is 75.6 Å². The van der Waals surface area contributed by atoms with Gasteiger partial charge < -0.3 is 30.7 Å². The number of hydrogen-bond donors (Lipinski definition) is 5. The molecule has 0 bridgehead atoms. The number of hydrogen-bond acceptors (Lipinski definition) is 6. The van der Waals surface area contributed by atoms with Gasteiger partial charge in [-0.3, -0.25) is 14.4 Å². The molecule has 1 aliphatic rings. The Bertz CT molecular complexity index is 1440. The zero-order chi connectivity index (χ0) is 40.1. The molecule has 0 radical (unpaired) electrons. The molecule has 5 N–H and O–H groups in total. The number of carbonyl (C=O) groups excluding carboxylic acids is 2. The highest BCUT2D eigenvalue weighted by Gasteiger charge is 2.31. The van der Waals surface area contributed by atoms with Gasteiger partial charge in [0.15, 0.2) is 11.5 Å². The van der Waals surface area contributed by atoms with Gasteiger partial charge in [0, 0.05) is 24.2 Å². The summed E-state index contributed by atoms with van der Waals surface area (Å²) in [5.41, 5.74) is 1.07. The van der Waals surface area contributed by atoms with Gasteiger partial charge in [0.1, 0.15) is 6.61 Å². The van der Waals surface area contributed by atoms with Crippen molar-refractivity contribution < 1.29 is 34.4 Å². The van der Waals surface area contributed by atoms with Crippen LogP contribution in [0.2, 0.25) is 20.1 Å². The van der Waals surface area contributed by atoms with Crippen molar-refractivity contribution in [3.63, 3.8) is 0 Å². The maximum Gasteiger partial charge on any atom is 0.303 e. The van der Waals surface area contributed by atoms with E-state index in [0.717, 1.165) is 19.3 Å². The Balaban J connectivity index is 0.000000422. The Kier molecular flexibility index (Phi) is 19.6. The van der Waals surface area contributed by atoms with Crippen molar-refractivity contribution in [3.05, 3.63) is 44.4 Å². The Labute approximate surface area is 330 Å². The summed E-state index contributed by atoms with van der Waals surface area (Å²) in [5, 5.41) is 33.2. The summed E-state index contributed by atoms with van der Waals surface area (Å²) in [5.74, 6) is 0.512. The van der Waals surface area contributed by atoms with Crippen LogP contribution < -0.4 is 10.6 Å². The number of carboxylic acid groups (broad SMARTS) is 1. The van der Waals surface area contributed by atoms with Crippen LogP contribution in [-0.2, 0) is 19.1 Å². The molecule has 1 aliphatic carbocycles. The number of anilines is 2. The van der Waals surface area contributed by atoms with E-state index >= 15 is 0 Å². The van der Waals surface area contributed by atoms with Gasteiger partial charge in [-0.05, 0) is 78.0 Å². The van der Waals surface area contributed by atoms with Gasteiger partial charge in [-0.2, -0.15) is 0 Å². The predicted molar refractivity (Wildman–Crippen MR) is 214 cm³/mol. The first-order valence-electron chi connectivity index (χ1n) is 17.6. The average molecular weight is 809 g/mol. The molecular formula is C39H58Cl4N2O7. The second-order valence-corrected chi connectivity index (χ2v) is 18.2. The minimum Gasteiger partial charge on any atom is -0.505 e. The fourth-order valence-corrected chi connectivity index (χ4v) is 7.04. The monoisotopic (exact) mass is 806 g/mol. The average Bonchev–Trinajstić information content (AvgIpc) is 2.95. The Hall–Kier alpha value is -2.43. The third-order valence-corrected chi connectivity index (χ3v) is 9.32. The molecule has 3 rings (SSSR count). The number of phenolic OH excluding ortho intramolecular Hbond substituents is 2. The van der Waals surface area contributed by atoms with Gasteiger partial charge in [-0.15, -0.1) is 0 Å². The van der Waals surface area contributed by atoms with Gasteiger partial charge >= 0.3 is 5.97 Å². The maximum atomic E-state index is 12.1. The van der Waals surface area contributed by atoms with Crippen molar-refractivity contribution in [2.45, 2.75) is 114 Å². The Morgan fingerprint density at radius 1 is 0.788 bits per heavy atom. The van der Waals surface area contributed by atoms with Crippen LogP contribution in [0, 0.1) is 34.5 Å². The second-order valence-electron chi connectivity index (χ2n) is 16.6. The number of aromatic hydroxyl groups is 2. The maximum absolute atomic E-state index is 12.1. The third-order valence-electron chi connectivity index (χ3n) is 8.17.